The fraction of sp³-hybridized carbons (Fsp3) is 0.136. The first kappa shape index (κ1) is 15.1. The Balaban J connectivity index is 1.92. The van der Waals surface area contributed by atoms with Gasteiger partial charge in [-0.1, -0.05) is 80.3 Å². The molecule has 0 aliphatic carbocycles. The standard InChI is InChI=1S/C22H21NSi/c1-24(2,3)17-12-14-22(23-15-17)21-10-6-9-19-18-8-5-4-7-16(18)11-13-20(19)21/h4-15H,1-3H3. The van der Waals surface area contributed by atoms with Crippen molar-refractivity contribution in [2.24, 2.45) is 0 Å². The molecule has 0 radical (unpaired) electrons. The van der Waals surface area contributed by atoms with Gasteiger partial charge in [-0.15, -0.1) is 0 Å². The third kappa shape index (κ3) is 2.53. The Labute approximate surface area is 144 Å². The first-order chi connectivity index (χ1) is 11.5. The zero-order valence-corrected chi connectivity index (χ0v) is 15.4. The predicted molar refractivity (Wildman–Crippen MR) is 108 cm³/mol. The lowest BCUT2D eigenvalue weighted by molar-refractivity contribution is 1.34. The van der Waals surface area contributed by atoms with Crippen molar-refractivity contribution in [3.63, 3.8) is 0 Å². The molecular formula is C22H21NSi. The van der Waals surface area contributed by atoms with E-state index in [1.165, 1.54) is 32.3 Å². The van der Waals surface area contributed by atoms with E-state index in [1.807, 2.05) is 0 Å². The van der Waals surface area contributed by atoms with Gasteiger partial charge in [0.25, 0.3) is 0 Å². The van der Waals surface area contributed by atoms with Crippen LogP contribution in [0.1, 0.15) is 0 Å². The number of fused-ring (bicyclic) bond motifs is 3. The smallest absolute Gasteiger partial charge is 0.0796 e. The summed E-state index contributed by atoms with van der Waals surface area (Å²) in [5, 5.41) is 6.54. The van der Waals surface area contributed by atoms with Gasteiger partial charge in [0.1, 0.15) is 0 Å². The van der Waals surface area contributed by atoms with Crippen LogP contribution in [0.2, 0.25) is 19.6 Å². The van der Waals surface area contributed by atoms with Crippen molar-refractivity contribution in [3.05, 3.63) is 72.9 Å². The molecule has 0 amide bonds. The average molecular weight is 328 g/mol. The summed E-state index contributed by atoms with van der Waals surface area (Å²) in [5.74, 6) is 0. The maximum Gasteiger partial charge on any atom is 0.0796 e. The predicted octanol–water partition coefficient (Wildman–Crippen LogP) is 5.60. The monoisotopic (exact) mass is 327 g/mol. The zero-order valence-electron chi connectivity index (χ0n) is 14.4. The summed E-state index contributed by atoms with van der Waals surface area (Å²) in [4.78, 5) is 4.78. The fourth-order valence-electron chi connectivity index (χ4n) is 3.26. The molecule has 0 saturated heterocycles. The van der Waals surface area contributed by atoms with Crippen LogP contribution in [0, 0.1) is 0 Å². The summed E-state index contributed by atoms with van der Waals surface area (Å²) in [6, 6.07) is 23.9. The maximum absolute atomic E-state index is 4.78. The molecule has 0 bridgehead atoms. The van der Waals surface area contributed by atoms with Gasteiger partial charge in [-0.3, -0.25) is 4.98 Å². The summed E-state index contributed by atoms with van der Waals surface area (Å²) in [5.41, 5.74) is 2.26. The first-order valence-electron chi connectivity index (χ1n) is 8.41. The van der Waals surface area contributed by atoms with Crippen molar-refractivity contribution in [1.29, 1.82) is 0 Å². The van der Waals surface area contributed by atoms with Gasteiger partial charge >= 0.3 is 0 Å². The molecule has 0 aliphatic heterocycles. The molecule has 118 valence electrons. The topological polar surface area (TPSA) is 12.9 Å². The van der Waals surface area contributed by atoms with Crippen LogP contribution in [0.25, 0.3) is 32.8 Å². The largest absolute Gasteiger partial charge is 0.256 e. The molecule has 1 heterocycles. The molecular weight excluding hydrogens is 306 g/mol. The SMILES string of the molecule is C[Si](C)(C)c1ccc(-c2cccc3c2ccc2ccccc23)nc1. The molecule has 0 aliphatic rings. The maximum atomic E-state index is 4.78. The summed E-state index contributed by atoms with van der Waals surface area (Å²) in [7, 11) is -1.31. The Hall–Kier alpha value is -2.45. The highest BCUT2D eigenvalue weighted by molar-refractivity contribution is 6.88. The molecule has 4 aromatic rings. The number of aromatic nitrogens is 1. The molecule has 0 fully saturated rings. The summed E-state index contributed by atoms with van der Waals surface area (Å²) in [6.07, 6.45) is 2.07. The summed E-state index contributed by atoms with van der Waals surface area (Å²) in [6.45, 7) is 7.06. The molecule has 4 rings (SSSR count). The summed E-state index contributed by atoms with van der Waals surface area (Å²) < 4.78 is 0. The molecule has 2 heteroatoms. The van der Waals surface area contributed by atoms with E-state index in [9.17, 15) is 0 Å². The van der Waals surface area contributed by atoms with Crippen molar-refractivity contribution in [2.45, 2.75) is 19.6 Å². The van der Waals surface area contributed by atoms with Crippen LogP contribution >= 0.6 is 0 Å². The van der Waals surface area contributed by atoms with Crippen molar-refractivity contribution in [1.82, 2.24) is 4.98 Å². The van der Waals surface area contributed by atoms with Crippen LogP contribution in [0.5, 0.6) is 0 Å². The van der Waals surface area contributed by atoms with Gasteiger partial charge in [-0.2, -0.15) is 0 Å². The molecule has 24 heavy (non-hydrogen) atoms. The van der Waals surface area contributed by atoms with E-state index in [4.69, 9.17) is 4.98 Å². The van der Waals surface area contributed by atoms with Gasteiger partial charge in [-0.25, -0.2) is 0 Å². The van der Waals surface area contributed by atoms with E-state index in [0.29, 0.717) is 0 Å². The minimum atomic E-state index is -1.31. The molecule has 1 aromatic heterocycles. The van der Waals surface area contributed by atoms with Crippen LogP contribution in [-0.2, 0) is 0 Å². The van der Waals surface area contributed by atoms with Crippen molar-refractivity contribution in [2.75, 3.05) is 0 Å². The second kappa shape index (κ2) is 5.57. The second-order valence-corrected chi connectivity index (χ2v) is 12.4. The van der Waals surface area contributed by atoms with Gasteiger partial charge in [-0.05, 0) is 32.8 Å². The molecule has 0 atom stereocenters. The molecule has 0 spiro atoms. The van der Waals surface area contributed by atoms with Crippen molar-refractivity contribution in [3.8, 4) is 11.3 Å². The van der Waals surface area contributed by atoms with Gasteiger partial charge < -0.3 is 0 Å². The van der Waals surface area contributed by atoms with E-state index in [-0.39, 0.29) is 0 Å². The van der Waals surface area contributed by atoms with E-state index < -0.39 is 8.07 Å². The molecule has 1 nitrogen and oxygen atoms in total. The quantitative estimate of drug-likeness (QED) is 0.345. The summed E-state index contributed by atoms with van der Waals surface area (Å²) >= 11 is 0. The van der Waals surface area contributed by atoms with Crippen LogP contribution in [0.4, 0.5) is 0 Å². The second-order valence-electron chi connectivity index (χ2n) is 7.37. The molecule has 0 saturated carbocycles. The highest BCUT2D eigenvalue weighted by atomic mass is 28.3. The van der Waals surface area contributed by atoms with Crippen molar-refractivity contribution < 1.29 is 0 Å². The Morgan fingerprint density at radius 1 is 0.667 bits per heavy atom. The average Bonchev–Trinajstić information content (AvgIpc) is 2.60. The number of nitrogens with zero attached hydrogens (tertiary/aromatic N) is 1. The van der Waals surface area contributed by atoms with Gasteiger partial charge in [0, 0.05) is 11.8 Å². The van der Waals surface area contributed by atoms with Gasteiger partial charge in [0.2, 0.25) is 0 Å². The lowest BCUT2D eigenvalue weighted by atomic mass is 9.97. The Morgan fingerprint density at radius 2 is 1.46 bits per heavy atom. The van der Waals surface area contributed by atoms with E-state index in [0.717, 1.165) is 5.69 Å². The van der Waals surface area contributed by atoms with E-state index in [2.05, 4.69) is 92.6 Å². The van der Waals surface area contributed by atoms with Gasteiger partial charge in [0.05, 0.1) is 13.8 Å². The third-order valence-electron chi connectivity index (χ3n) is 4.69. The lowest BCUT2D eigenvalue weighted by Crippen LogP contribution is -2.37. The van der Waals surface area contributed by atoms with Crippen LogP contribution in [0.15, 0.2) is 72.9 Å². The Kier molecular flexibility index (Phi) is 3.50. The zero-order chi connectivity index (χ0) is 16.7. The van der Waals surface area contributed by atoms with Crippen LogP contribution in [0.3, 0.4) is 0 Å². The highest BCUT2D eigenvalue weighted by Crippen LogP contribution is 2.32. The Morgan fingerprint density at radius 3 is 2.21 bits per heavy atom. The fourth-order valence-corrected chi connectivity index (χ4v) is 4.30. The normalized spacial score (nSPS) is 12.0. The molecule has 0 N–H and O–H groups in total. The number of hydrogen-bond donors (Lipinski definition) is 0. The first-order valence-corrected chi connectivity index (χ1v) is 11.9. The molecule has 3 aromatic carbocycles. The third-order valence-corrected chi connectivity index (χ3v) is 6.72. The Bertz CT molecular complexity index is 1030. The number of hydrogen-bond acceptors (Lipinski definition) is 1. The minimum absolute atomic E-state index is 1.05. The number of pyridine rings is 1. The highest BCUT2D eigenvalue weighted by Gasteiger charge is 2.17. The van der Waals surface area contributed by atoms with Crippen LogP contribution in [-0.4, -0.2) is 13.1 Å². The van der Waals surface area contributed by atoms with Crippen LogP contribution < -0.4 is 5.19 Å². The van der Waals surface area contributed by atoms with E-state index in [1.54, 1.807) is 0 Å². The van der Waals surface area contributed by atoms with Gasteiger partial charge in [0.15, 0.2) is 0 Å². The molecule has 0 unspecified atom stereocenters. The number of rotatable bonds is 2. The number of benzene rings is 3. The minimum Gasteiger partial charge on any atom is -0.256 e. The van der Waals surface area contributed by atoms with Crippen molar-refractivity contribution >= 4 is 34.8 Å². The van der Waals surface area contributed by atoms with E-state index >= 15 is 0 Å². The lowest BCUT2D eigenvalue weighted by Gasteiger charge is -2.16.